The first-order chi connectivity index (χ1) is 9.77. The van der Waals surface area contributed by atoms with Crippen LogP contribution in [0.25, 0.3) is 10.6 Å². The van der Waals surface area contributed by atoms with Gasteiger partial charge in [0, 0.05) is 18.7 Å². The minimum absolute atomic E-state index is 0.335. The minimum atomic E-state index is 0.335. The molecule has 5 heteroatoms. The van der Waals surface area contributed by atoms with Gasteiger partial charge in [0.15, 0.2) is 0 Å². The number of H-pyrrole nitrogens is 1. The first-order valence-corrected chi connectivity index (χ1v) is 8.04. The van der Waals surface area contributed by atoms with E-state index in [1.165, 1.54) is 10.4 Å². The predicted octanol–water partition coefficient (Wildman–Crippen LogP) is 3.43. The smallest absolute Gasteiger partial charge is 0.0794 e. The van der Waals surface area contributed by atoms with Crippen molar-refractivity contribution in [1.29, 1.82) is 0 Å². The fraction of sp³-hybridized carbons (Fsp3) is 0.533. The van der Waals surface area contributed by atoms with Gasteiger partial charge in [-0.15, -0.1) is 11.3 Å². The van der Waals surface area contributed by atoms with Gasteiger partial charge in [0.05, 0.1) is 22.9 Å². The van der Waals surface area contributed by atoms with E-state index in [0.717, 1.165) is 38.2 Å². The number of aromatic amines is 1. The molecule has 0 radical (unpaired) electrons. The van der Waals surface area contributed by atoms with E-state index in [9.17, 15) is 0 Å². The van der Waals surface area contributed by atoms with Gasteiger partial charge in [-0.1, -0.05) is 6.07 Å². The summed E-state index contributed by atoms with van der Waals surface area (Å²) in [5.74, 6) is 0. The zero-order chi connectivity index (χ0) is 14.2. The van der Waals surface area contributed by atoms with Crippen LogP contribution in [0.4, 0.5) is 0 Å². The van der Waals surface area contributed by atoms with Crippen molar-refractivity contribution in [2.45, 2.75) is 39.3 Å². The SMILES string of the molecule is CC(C)OCCCCNCc1cn[nH]c1-c1cccs1. The summed E-state index contributed by atoms with van der Waals surface area (Å²) in [6, 6.07) is 4.18. The molecule has 0 bridgehead atoms. The molecule has 110 valence electrons. The number of thiophene rings is 1. The van der Waals surface area contributed by atoms with Gasteiger partial charge in [0.2, 0.25) is 0 Å². The van der Waals surface area contributed by atoms with Gasteiger partial charge in [-0.25, -0.2) is 0 Å². The highest BCUT2D eigenvalue weighted by Gasteiger charge is 2.07. The first-order valence-electron chi connectivity index (χ1n) is 7.16. The van der Waals surface area contributed by atoms with Crippen molar-refractivity contribution in [1.82, 2.24) is 15.5 Å². The van der Waals surface area contributed by atoms with Crippen LogP contribution >= 0.6 is 11.3 Å². The Morgan fingerprint density at radius 3 is 3.05 bits per heavy atom. The van der Waals surface area contributed by atoms with Gasteiger partial charge < -0.3 is 10.1 Å². The molecule has 0 saturated heterocycles. The summed E-state index contributed by atoms with van der Waals surface area (Å²) >= 11 is 1.73. The molecule has 0 spiro atoms. The van der Waals surface area contributed by atoms with E-state index < -0.39 is 0 Å². The van der Waals surface area contributed by atoms with E-state index >= 15 is 0 Å². The average molecular weight is 293 g/mol. The molecule has 2 N–H and O–H groups in total. The van der Waals surface area contributed by atoms with E-state index in [2.05, 4.69) is 46.9 Å². The molecule has 0 aliphatic heterocycles. The molecule has 0 fully saturated rings. The minimum Gasteiger partial charge on any atom is -0.379 e. The van der Waals surface area contributed by atoms with Crippen LogP contribution in [0.15, 0.2) is 23.7 Å². The van der Waals surface area contributed by atoms with E-state index in [1.54, 1.807) is 11.3 Å². The zero-order valence-corrected chi connectivity index (χ0v) is 13.0. The van der Waals surface area contributed by atoms with Crippen molar-refractivity contribution in [2.75, 3.05) is 13.2 Å². The molecule has 2 aromatic rings. The van der Waals surface area contributed by atoms with Crippen LogP contribution in [0.1, 0.15) is 32.3 Å². The Balaban J connectivity index is 1.67. The van der Waals surface area contributed by atoms with Gasteiger partial charge in [0.1, 0.15) is 0 Å². The molecule has 0 aliphatic rings. The lowest BCUT2D eigenvalue weighted by Gasteiger charge is -2.08. The predicted molar refractivity (Wildman–Crippen MR) is 83.9 cm³/mol. The van der Waals surface area contributed by atoms with E-state index in [1.807, 2.05) is 6.20 Å². The zero-order valence-electron chi connectivity index (χ0n) is 12.2. The number of aromatic nitrogens is 2. The van der Waals surface area contributed by atoms with Gasteiger partial charge in [-0.2, -0.15) is 5.10 Å². The Bertz CT molecular complexity index is 479. The number of ether oxygens (including phenoxy) is 1. The Morgan fingerprint density at radius 2 is 2.30 bits per heavy atom. The molecule has 20 heavy (non-hydrogen) atoms. The fourth-order valence-electron chi connectivity index (χ4n) is 1.97. The Morgan fingerprint density at radius 1 is 1.40 bits per heavy atom. The van der Waals surface area contributed by atoms with Crippen LogP contribution in [-0.4, -0.2) is 29.5 Å². The monoisotopic (exact) mass is 293 g/mol. The summed E-state index contributed by atoms with van der Waals surface area (Å²) in [7, 11) is 0. The molecule has 2 aromatic heterocycles. The van der Waals surface area contributed by atoms with Crippen molar-refractivity contribution in [3.8, 4) is 10.6 Å². The van der Waals surface area contributed by atoms with E-state index in [0.29, 0.717) is 6.10 Å². The third kappa shape index (κ3) is 4.74. The maximum Gasteiger partial charge on any atom is 0.0794 e. The third-order valence-electron chi connectivity index (χ3n) is 3.00. The largest absolute Gasteiger partial charge is 0.379 e. The summed E-state index contributed by atoms with van der Waals surface area (Å²) < 4.78 is 5.52. The number of nitrogens with zero attached hydrogens (tertiary/aromatic N) is 1. The molecule has 0 atom stereocenters. The highest BCUT2D eigenvalue weighted by atomic mass is 32.1. The second-order valence-corrected chi connectivity index (χ2v) is 6.00. The van der Waals surface area contributed by atoms with Crippen molar-refractivity contribution in [2.24, 2.45) is 0 Å². The van der Waals surface area contributed by atoms with Crippen LogP contribution in [-0.2, 0) is 11.3 Å². The molecular formula is C15H23N3OS. The maximum atomic E-state index is 5.52. The topological polar surface area (TPSA) is 49.9 Å². The highest BCUT2D eigenvalue weighted by Crippen LogP contribution is 2.25. The normalized spacial score (nSPS) is 11.3. The summed E-state index contributed by atoms with van der Waals surface area (Å²) in [4.78, 5) is 1.24. The van der Waals surface area contributed by atoms with E-state index in [-0.39, 0.29) is 0 Å². The molecule has 4 nitrogen and oxygen atoms in total. The van der Waals surface area contributed by atoms with Gasteiger partial charge in [-0.3, -0.25) is 5.10 Å². The molecule has 0 aliphatic carbocycles. The highest BCUT2D eigenvalue weighted by molar-refractivity contribution is 7.13. The van der Waals surface area contributed by atoms with Crippen LogP contribution in [0.2, 0.25) is 0 Å². The summed E-state index contributed by atoms with van der Waals surface area (Å²) in [5.41, 5.74) is 2.36. The summed E-state index contributed by atoms with van der Waals surface area (Å²) in [5, 5.41) is 12.8. The first kappa shape index (κ1) is 15.2. The quantitative estimate of drug-likeness (QED) is 0.696. The molecule has 2 heterocycles. The summed E-state index contributed by atoms with van der Waals surface area (Å²) in [6.45, 7) is 6.86. The van der Waals surface area contributed by atoms with Crippen molar-refractivity contribution >= 4 is 11.3 Å². The second-order valence-electron chi connectivity index (χ2n) is 5.05. The average Bonchev–Trinajstić information content (AvgIpc) is 3.07. The molecule has 0 saturated carbocycles. The van der Waals surface area contributed by atoms with Crippen molar-refractivity contribution in [3.05, 3.63) is 29.3 Å². The Kier molecular flexibility index (Phi) is 6.24. The van der Waals surface area contributed by atoms with E-state index in [4.69, 9.17) is 4.74 Å². The lowest BCUT2D eigenvalue weighted by molar-refractivity contribution is 0.0760. The van der Waals surface area contributed by atoms with Crippen molar-refractivity contribution in [3.63, 3.8) is 0 Å². The molecule has 2 rings (SSSR count). The molecule has 0 amide bonds. The van der Waals surface area contributed by atoms with Crippen LogP contribution < -0.4 is 5.32 Å². The number of rotatable bonds is 9. The Hall–Kier alpha value is -1.17. The Labute approximate surface area is 124 Å². The van der Waals surface area contributed by atoms with Crippen LogP contribution in [0, 0.1) is 0 Å². The number of unbranched alkanes of at least 4 members (excludes halogenated alkanes) is 1. The maximum absolute atomic E-state index is 5.52. The molecular weight excluding hydrogens is 270 g/mol. The third-order valence-corrected chi connectivity index (χ3v) is 3.89. The molecule has 0 aromatic carbocycles. The van der Waals surface area contributed by atoms with Gasteiger partial charge in [0.25, 0.3) is 0 Å². The lowest BCUT2D eigenvalue weighted by Crippen LogP contribution is -2.15. The standard InChI is InChI=1S/C15H23N3OS/c1-12(2)19-8-4-3-7-16-10-13-11-17-18-15(13)14-6-5-9-20-14/h5-6,9,11-12,16H,3-4,7-8,10H2,1-2H3,(H,17,18). The number of nitrogens with one attached hydrogen (secondary N) is 2. The van der Waals surface area contributed by atoms with Gasteiger partial charge in [-0.05, 0) is 44.7 Å². The lowest BCUT2D eigenvalue weighted by atomic mass is 10.2. The summed E-state index contributed by atoms with van der Waals surface area (Å²) in [6.07, 6.45) is 4.49. The van der Waals surface area contributed by atoms with Crippen LogP contribution in [0.3, 0.4) is 0 Å². The number of hydrogen-bond donors (Lipinski definition) is 2. The molecule has 0 unspecified atom stereocenters. The fourth-order valence-corrected chi connectivity index (χ4v) is 2.73. The van der Waals surface area contributed by atoms with Gasteiger partial charge >= 0.3 is 0 Å². The van der Waals surface area contributed by atoms with Crippen LogP contribution in [0.5, 0.6) is 0 Å². The second kappa shape index (κ2) is 8.19. The van der Waals surface area contributed by atoms with Crippen molar-refractivity contribution < 1.29 is 4.74 Å². The number of hydrogen-bond acceptors (Lipinski definition) is 4.